The van der Waals surface area contributed by atoms with Gasteiger partial charge >= 0.3 is 18.2 Å². The largest absolute Gasteiger partial charge is 0.474 e. The van der Waals surface area contributed by atoms with E-state index in [0.717, 1.165) is 43.5 Å². The fourth-order valence-corrected chi connectivity index (χ4v) is 3.66. The van der Waals surface area contributed by atoms with Crippen LogP contribution >= 0.6 is 15.9 Å². The number of amides is 2. The minimum atomic E-state index is -4.57. The van der Waals surface area contributed by atoms with Gasteiger partial charge in [0.1, 0.15) is 23.7 Å². The molecule has 0 bridgehead atoms. The highest BCUT2D eigenvalue weighted by molar-refractivity contribution is 9.10. The maximum Gasteiger partial charge on any atom is 0.416 e. The number of ether oxygens (including phenoxy) is 3. The number of nitrogens with two attached hydrogens (primary N) is 1. The number of aromatic nitrogens is 1. The summed E-state index contributed by atoms with van der Waals surface area (Å²) in [6.07, 6.45) is -7.28. The van der Waals surface area contributed by atoms with Crippen LogP contribution in [0.2, 0.25) is 0 Å². The Kier molecular flexibility index (Phi) is 9.68. The molecule has 0 spiro atoms. The van der Waals surface area contributed by atoms with Gasteiger partial charge in [-0.25, -0.2) is 18.6 Å². The lowest BCUT2D eigenvalue weighted by molar-refractivity contribution is -0.140. The average Bonchev–Trinajstić information content (AvgIpc) is 3.28. The second kappa shape index (κ2) is 12.8. The molecule has 0 radical (unpaired) electrons. The molecular formula is C24H19BrF5N3O7. The fourth-order valence-electron chi connectivity index (χ4n) is 3.18. The number of carbonyl (C=O) groups excluding carboxylic acids is 3. The number of carbonyl (C=O) groups is 3. The lowest BCUT2D eigenvalue weighted by atomic mass is 10.1. The summed E-state index contributed by atoms with van der Waals surface area (Å²) in [7, 11) is 1.16. The molecule has 2 amide bonds. The first-order chi connectivity index (χ1) is 18.8. The van der Waals surface area contributed by atoms with E-state index < -0.39 is 65.4 Å². The number of halogens is 6. The molecule has 0 fully saturated rings. The molecule has 0 saturated heterocycles. The van der Waals surface area contributed by atoms with Gasteiger partial charge in [-0.3, -0.25) is 9.59 Å². The molecule has 0 saturated carbocycles. The first-order valence-corrected chi connectivity index (χ1v) is 11.9. The van der Waals surface area contributed by atoms with Crippen LogP contribution in [-0.4, -0.2) is 43.2 Å². The Morgan fingerprint density at radius 3 is 2.40 bits per heavy atom. The van der Waals surface area contributed by atoms with Crippen molar-refractivity contribution >= 4 is 33.9 Å². The van der Waals surface area contributed by atoms with Gasteiger partial charge < -0.3 is 29.7 Å². The van der Waals surface area contributed by atoms with Crippen LogP contribution in [0, 0.1) is 11.6 Å². The van der Waals surface area contributed by atoms with Crippen molar-refractivity contribution in [3.8, 4) is 17.0 Å². The van der Waals surface area contributed by atoms with E-state index in [1.54, 1.807) is 0 Å². The number of hydrogen-bond acceptors (Lipinski definition) is 8. The van der Waals surface area contributed by atoms with Gasteiger partial charge in [0.05, 0.1) is 19.1 Å². The standard InChI is InChI=1S/C24H19BrF5N3O7/c1-37-16(34)8-9-32-23(36)38-10-15(39-14-7-6-13(26)17(18(14)27)21(31)35)22-33-19(20(25)40-22)11-2-4-12(5-3-11)24(28,29)30/h2-7,15H,8-10H2,1H3,(H2,31,35)(H,32,36). The van der Waals surface area contributed by atoms with E-state index >= 15 is 0 Å². The zero-order valence-corrected chi connectivity index (χ0v) is 21.9. The summed E-state index contributed by atoms with van der Waals surface area (Å²) in [5.41, 5.74) is 3.27. The maximum atomic E-state index is 14.8. The molecule has 214 valence electrons. The minimum absolute atomic E-state index is 0.0252. The van der Waals surface area contributed by atoms with Crippen LogP contribution < -0.4 is 15.8 Å². The molecule has 3 N–H and O–H groups in total. The molecule has 0 aliphatic heterocycles. The molecule has 0 aliphatic rings. The maximum absolute atomic E-state index is 14.8. The summed E-state index contributed by atoms with van der Waals surface area (Å²) in [6, 6.07) is 5.48. The third-order valence-electron chi connectivity index (χ3n) is 5.13. The second-order valence-electron chi connectivity index (χ2n) is 7.81. The van der Waals surface area contributed by atoms with E-state index in [2.05, 4.69) is 31.0 Å². The Balaban J connectivity index is 1.90. The number of nitrogens with one attached hydrogen (secondary N) is 1. The highest BCUT2D eigenvalue weighted by Crippen LogP contribution is 2.36. The summed E-state index contributed by atoms with van der Waals surface area (Å²) in [6.45, 7) is -0.833. The summed E-state index contributed by atoms with van der Waals surface area (Å²) < 4.78 is 88.0. The van der Waals surface area contributed by atoms with Crippen LogP contribution in [0.3, 0.4) is 0 Å². The van der Waals surface area contributed by atoms with Crippen molar-refractivity contribution in [3.05, 3.63) is 69.7 Å². The highest BCUT2D eigenvalue weighted by Gasteiger charge is 2.31. The van der Waals surface area contributed by atoms with Gasteiger partial charge in [0.25, 0.3) is 5.91 Å². The number of nitrogens with zero attached hydrogens (tertiary/aromatic N) is 1. The van der Waals surface area contributed by atoms with Gasteiger partial charge in [-0.1, -0.05) is 12.1 Å². The third kappa shape index (κ3) is 7.46. The lowest BCUT2D eigenvalue weighted by Gasteiger charge is -2.18. The van der Waals surface area contributed by atoms with Crippen molar-refractivity contribution in [1.29, 1.82) is 0 Å². The van der Waals surface area contributed by atoms with Crippen molar-refractivity contribution in [1.82, 2.24) is 10.3 Å². The molecular weight excluding hydrogens is 617 g/mol. The topological polar surface area (TPSA) is 143 Å². The fraction of sp³-hybridized carbons (Fsp3) is 0.250. The number of methoxy groups -OCH3 is 1. The van der Waals surface area contributed by atoms with Crippen LogP contribution in [0.5, 0.6) is 5.75 Å². The minimum Gasteiger partial charge on any atom is -0.474 e. The molecule has 10 nitrogen and oxygen atoms in total. The number of hydrogen-bond donors (Lipinski definition) is 2. The highest BCUT2D eigenvalue weighted by atomic mass is 79.9. The Hall–Kier alpha value is -4.21. The van der Waals surface area contributed by atoms with Crippen LogP contribution in [-0.2, 0) is 20.4 Å². The first-order valence-electron chi connectivity index (χ1n) is 11.1. The summed E-state index contributed by atoms with van der Waals surface area (Å²) in [5, 5.41) is 2.27. The van der Waals surface area contributed by atoms with Gasteiger partial charge in [0.2, 0.25) is 12.0 Å². The van der Waals surface area contributed by atoms with E-state index in [1.165, 1.54) is 0 Å². The van der Waals surface area contributed by atoms with Crippen LogP contribution in [0.15, 0.2) is 45.5 Å². The Morgan fingerprint density at radius 2 is 1.80 bits per heavy atom. The average molecular weight is 636 g/mol. The molecule has 1 heterocycles. The summed E-state index contributed by atoms with van der Waals surface area (Å²) >= 11 is 3.10. The van der Waals surface area contributed by atoms with Crippen molar-refractivity contribution < 1.29 is 55.0 Å². The SMILES string of the molecule is COC(=O)CCNC(=O)OCC(Oc1ccc(F)c(C(N)=O)c1F)c1nc(-c2ccc(C(F)(F)F)cc2)c(Br)o1. The van der Waals surface area contributed by atoms with Crippen molar-refractivity contribution in [2.75, 3.05) is 20.3 Å². The predicted octanol–water partition coefficient (Wildman–Crippen LogP) is 4.91. The van der Waals surface area contributed by atoms with Crippen LogP contribution in [0.1, 0.15) is 34.3 Å². The lowest BCUT2D eigenvalue weighted by Crippen LogP contribution is -2.29. The van der Waals surface area contributed by atoms with Gasteiger partial charge in [-0.2, -0.15) is 13.2 Å². The molecule has 0 aliphatic carbocycles. The molecule has 1 atom stereocenters. The second-order valence-corrected chi connectivity index (χ2v) is 8.53. The Labute approximate surface area is 230 Å². The van der Waals surface area contributed by atoms with Crippen molar-refractivity contribution in [2.24, 2.45) is 5.73 Å². The number of alkyl halides is 3. The van der Waals surface area contributed by atoms with Gasteiger partial charge in [0.15, 0.2) is 16.2 Å². The number of oxazole rings is 1. The number of rotatable bonds is 10. The van der Waals surface area contributed by atoms with E-state index in [9.17, 15) is 36.3 Å². The van der Waals surface area contributed by atoms with E-state index in [-0.39, 0.29) is 34.8 Å². The first kappa shape index (κ1) is 30.3. The quantitative estimate of drug-likeness (QED) is 0.236. The third-order valence-corrected chi connectivity index (χ3v) is 5.66. The molecule has 2 aromatic carbocycles. The van der Waals surface area contributed by atoms with Gasteiger partial charge in [-0.15, -0.1) is 0 Å². The predicted molar refractivity (Wildman–Crippen MR) is 129 cm³/mol. The summed E-state index contributed by atoms with van der Waals surface area (Å²) in [4.78, 5) is 38.9. The number of alkyl carbamates (subject to hydrolysis) is 1. The number of esters is 1. The van der Waals surface area contributed by atoms with Gasteiger partial charge in [0, 0.05) is 12.1 Å². The molecule has 40 heavy (non-hydrogen) atoms. The van der Waals surface area contributed by atoms with Crippen molar-refractivity contribution in [3.63, 3.8) is 0 Å². The molecule has 1 aromatic heterocycles. The zero-order valence-electron chi connectivity index (χ0n) is 20.3. The normalized spacial score (nSPS) is 12.0. The molecule has 1 unspecified atom stereocenters. The van der Waals surface area contributed by atoms with Crippen molar-refractivity contribution in [2.45, 2.75) is 18.7 Å². The molecule has 16 heteroatoms. The smallest absolute Gasteiger partial charge is 0.416 e. The van der Waals surface area contributed by atoms with E-state index in [4.69, 9.17) is 19.6 Å². The van der Waals surface area contributed by atoms with Crippen LogP contribution in [0.25, 0.3) is 11.3 Å². The molecule has 3 rings (SSSR count). The molecule has 3 aromatic rings. The Morgan fingerprint density at radius 1 is 1.12 bits per heavy atom. The monoisotopic (exact) mass is 635 g/mol. The summed E-state index contributed by atoms with van der Waals surface area (Å²) in [5.74, 6) is -5.73. The number of benzene rings is 2. The van der Waals surface area contributed by atoms with Gasteiger partial charge in [-0.05, 0) is 40.2 Å². The Bertz CT molecular complexity index is 1400. The van der Waals surface area contributed by atoms with E-state index in [0.29, 0.717) is 0 Å². The van der Waals surface area contributed by atoms with E-state index in [1.807, 2.05) is 0 Å². The number of primary amides is 1. The zero-order chi connectivity index (χ0) is 29.6. The van der Waals surface area contributed by atoms with Crippen LogP contribution in [0.4, 0.5) is 26.7 Å².